The fraction of sp³-hybridized carbons (Fsp3) is 0.500. The molecule has 2 aromatic rings. The van der Waals surface area contributed by atoms with E-state index in [0.29, 0.717) is 42.4 Å². The number of ether oxygens (including phenoxy) is 3. The van der Waals surface area contributed by atoms with E-state index in [1.807, 2.05) is 18.2 Å². The first-order valence-corrected chi connectivity index (χ1v) is 15.6. The monoisotopic (exact) mass is 621 g/mol. The Hall–Kier alpha value is -4.09. The number of carbonyl (C=O) groups is 2. The number of carbonyl (C=O) groups excluding carboxylic acids is 2. The number of nitrogens with one attached hydrogen (secondary N) is 1. The third-order valence-electron chi connectivity index (χ3n) is 8.45. The first kappa shape index (κ1) is 33.8. The highest BCUT2D eigenvalue weighted by Gasteiger charge is 2.42. The maximum Gasteiger partial charge on any atom is 0.336 e. The molecule has 0 amide bonds. The molecule has 4 rings (SSSR count). The minimum Gasteiger partial charge on any atom is -0.491 e. The summed E-state index contributed by atoms with van der Waals surface area (Å²) in [5.41, 5.74) is 2.45. The Kier molecular flexibility index (Phi) is 12.2. The standard InChI is InChI=1S/C34H43N3O8/c1-22-30(33(39)43-3)32(25-13-9-14-26(19-25)37(41)42)31(23(2)36-22)34(40)44-18-10-17-35-20-27(38)21-45-29-16-8-7-15-28(29)24-11-5-4-6-12-24/h7-9,13-16,19,24,27,30,32,35,38H,4-6,10-12,17-18,20-21H2,1-3H3. The van der Waals surface area contributed by atoms with Gasteiger partial charge in [0.1, 0.15) is 24.4 Å². The van der Waals surface area contributed by atoms with Crippen molar-refractivity contribution in [1.82, 2.24) is 5.32 Å². The Balaban J connectivity index is 1.29. The van der Waals surface area contributed by atoms with E-state index in [2.05, 4.69) is 16.4 Å². The summed E-state index contributed by atoms with van der Waals surface area (Å²) in [4.78, 5) is 41.5. The topological polar surface area (TPSA) is 150 Å². The zero-order chi connectivity index (χ0) is 32.3. The molecule has 1 aliphatic carbocycles. The van der Waals surface area contributed by atoms with E-state index in [1.165, 1.54) is 63.0 Å². The van der Waals surface area contributed by atoms with Crippen LogP contribution in [0.3, 0.4) is 0 Å². The van der Waals surface area contributed by atoms with Crippen LogP contribution < -0.4 is 10.1 Å². The fourth-order valence-corrected chi connectivity index (χ4v) is 6.24. The summed E-state index contributed by atoms with van der Waals surface area (Å²) in [5, 5.41) is 25.1. The van der Waals surface area contributed by atoms with Gasteiger partial charge in [0.25, 0.3) is 5.69 Å². The van der Waals surface area contributed by atoms with Crippen molar-refractivity contribution in [3.05, 3.63) is 81.0 Å². The molecule has 242 valence electrons. The molecule has 2 aliphatic rings. The van der Waals surface area contributed by atoms with Crippen molar-refractivity contribution < 1.29 is 33.8 Å². The zero-order valence-corrected chi connectivity index (χ0v) is 26.2. The average molecular weight is 622 g/mol. The highest BCUT2D eigenvalue weighted by Crippen LogP contribution is 2.41. The number of nitrogens with zero attached hydrogens (tertiary/aromatic N) is 2. The number of aliphatic imine (C=N–C) groups is 1. The van der Waals surface area contributed by atoms with Gasteiger partial charge in [0, 0.05) is 36.0 Å². The lowest BCUT2D eigenvalue weighted by molar-refractivity contribution is -0.384. The number of hydrogen-bond donors (Lipinski definition) is 2. The number of aliphatic hydroxyl groups excluding tert-OH is 1. The summed E-state index contributed by atoms with van der Waals surface area (Å²) in [5.74, 6) is -1.72. The van der Waals surface area contributed by atoms with E-state index in [4.69, 9.17) is 14.2 Å². The number of methoxy groups -OCH3 is 1. The minimum atomic E-state index is -0.941. The summed E-state index contributed by atoms with van der Waals surface area (Å²) in [6, 6.07) is 13.9. The van der Waals surface area contributed by atoms with Gasteiger partial charge >= 0.3 is 11.9 Å². The minimum absolute atomic E-state index is 0.0806. The predicted octanol–water partition coefficient (Wildman–Crippen LogP) is 5.23. The van der Waals surface area contributed by atoms with Gasteiger partial charge in [-0.1, -0.05) is 49.6 Å². The van der Waals surface area contributed by atoms with Crippen LogP contribution in [-0.2, 0) is 19.1 Å². The molecule has 0 radical (unpaired) electrons. The molecule has 1 heterocycles. The number of rotatable bonds is 14. The molecule has 0 bridgehead atoms. The first-order valence-electron chi connectivity index (χ1n) is 15.6. The van der Waals surface area contributed by atoms with E-state index >= 15 is 0 Å². The van der Waals surface area contributed by atoms with Gasteiger partial charge in [-0.2, -0.15) is 0 Å². The number of nitro groups is 1. The van der Waals surface area contributed by atoms with Crippen LogP contribution in [0.2, 0.25) is 0 Å². The van der Waals surface area contributed by atoms with Crippen LogP contribution in [-0.4, -0.2) is 67.2 Å². The molecular weight excluding hydrogens is 578 g/mol. The summed E-state index contributed by atoms with van der Waals surface area (Å²) in [7, 11) is 1.25. The van der Waals surface area contributed by atoms with Gasteiger partial charge in [-0.15, -0.1) is 0 Å². The van der Waals surface area contributed by atoms with Gasteiger partial charge < -0.3 is 24.6 Å². The van der Waals surface area contributed by atoms with Crippen LogP contribution in [0.5, 0.6) is 5.75 Å². The Morgan fingerprint density at radius 2 is 1.87 bits per heavy atom. The van der Waals surface area contributed by atoms with Gasteiger partial charge in [-0.3, -0.25) is 19.9 Å². The molecule has 0 spiro atoms. The Labute approximate surface area is 263 Å². The van der Waals surface area contributed by atoms with Crippen molar-refractivity contribution >= 4 is 23.3 Å². The maximum atomic E-state index is 13.4. The van der Waals surface area contributed by atoms with Gasteiger partial charge in [-0.05, 0) is 62.8 Å². The number of para-hydroxylation sites is 1. The molecule has 2 N–H and O–H groups in total. The summed E-state index contributed by atoms with van der Waals surface area (Å²) in [6.45, 7) is 4.36. The van der Waals surface area contributed by atoms with Crippen molar-refractivity contribution in [2.45, 2.75) is 70.3 Å². The molecule has 3 unspecified atom stereocenters. The van der Waals surface area contributed by atoms with Gasteiger partial charge in [0.15, 0.2) is 0 Å². The predicted molar refractivity (Wildman–Crippen MR) is 169 cm³/mol. The fourth-order valence-electron chi connectivity index (χ4n) is 6.24. The van der Waals surface area contributed by atoms with Crippen molar-refractivity contribution in [3.8, 4) is 5.75 Å². The van der Waals surface area contributed by atoms with Crippen LogP contribution >= 0.6 is 0 Å². The lowest BCUT2D eigenvalue weighted by Gasteiger charge is -2.31. The van der Waals surface area contributed by atoms with Crippen LogP contribution in [0.25, 0.3) is 0 Å². The third-order valence-corrected chi connectivity index (χ3v) is 8.45. The normalized spacial score (nSPS) is 19.4. The first-order chi connectivity index (χ1) is 21.7. The number of non-ortho nitro benzene ring substituents is 1. The summed E-state index contributed by atoms with van der Waals surface area (Å²) >= 11 is 0. The lowest BCUT2D eigenvalue weighted by Crippen LogP contribution is -2.36. The third kappa shape index (κ3) is 8.76. The number of aliphatic hydroxyl groups is 1. The van der Waals surface area contributed by atoms with E-state index < -0.39 is 34.8 Å². The SMILES string of the molecule is COC(=O)C1C(C)=NC(C)=C(C(=O)OCCCNCC(O)COc2ccccc2C2CCCCC2)C1c1cccc([N+](=O)[O-])c1. The molecule has 11 nitrogen and oxygen atoms in total. The molecule has 1 saturated carbocycles. The van der Waals surface area contributed by atoms with E-state index in [0.717, 1.165) is 5.75 Å². The van der Waals surface area contributed by atoms with E-state index in [1.54, 1.807) is 19.9 Å². The molecule has 0 saturated heterocycles. The number of hydrogen-bond acceptors (Lipinski definition) is 10. The van der Waals surface area contributed by atoms with Crippen LogP contribution in [0.1, 0.15) is 75.3 Å². The maximum absolute atomic E-state index is 13.4. The van der Waals surface area contributed by atoms with Crippen molar-refractivity contribution in [2.24, 2.45) is 10.9 Å². The van der Waals surface area contributed by atoms with Crippen LogP contribution in [0.4, 0.5) is 5.69 Å². The molecule has 0 aromatic heterocycles. The second-order valence-electron chi connectivity index (χ2n) is 11.6. The summed E-state index contributed by atoms with van der Waals surface area (Å²) in [6.07, 6.45) is 5.84. The van der Waals surface area contributed by atoms with E-state index in [9.17, 15) is 24.8 Å². The van der Waals surface area contributed by atoms with Gasteiger partial charge in [0.2, 0.25) is 0 Å². The highest BCUT2D eigenvalue weighted by molar-refractivity contribution is 6.07. The van der Waals surface area contributed by atoms with Gasteiger partial charge in [-0.25, -0.2) is 4.79 Å². The largest absolute Gasteiger partial charge is 0.491 e. The smallest absolute Gasteiger partial charge is 0.336 e. The Morgan fingerprint density at radius 1 is 1.11 bits per heavy atom. The molecule has 45 heavy (non-hydrogen) atoms. The molecule has 11 heteroatoms. The number of allylic oxidation sites excluding steroid dienone is 1. The van der Waals surface area contributed by atoms with Crippen molar-refractivity contribution in [2.75, 3.05) is 33.4 Å². The molecular formula is C34H43N3O8. The van der Waals surface area contributed by atoms with Crippen molar-refractivity contribution in [3.63, 3.8) is 0 Å². The van der Waals surface area contributed by atoms with Crippen LogP contribution in [0.15, 0.2) is 64.8 Å². The average Bonchev–Trinajstić information content (AvgIpc) is 3.05. The lowest BCUT2D eigenvalue weighted by atomic mass is 9.75. The van der Waals surface area contributed by atoms with E-state index in [-0.39, 0.29) is 24.5 Å². The summed E-state index contributed by atoms with van der Waals surface area (Å²) < 4.78 is 16.6. The number of esters is 2. The second-order valence-corrected chi connectivity index (χ2v) is 11.6. The molecule has 1 aliphatic heterocycles. The van der Waals surface area contributed by atoms with Gasteiger partial charge in [0.05, 0.1) is 24.2 Å². The van der Waals surface area contributed by atoms with Crippen LogP contribution in [0, 0.1) is 16.0 Å². The number of nitro benzene ring substituents is 1. The molecule has 1 fully saturated rings. The Bertz CT molecular complexity index is 1420. The second kappa shape index (κ2) is 16.3. The number of benzene rings is 2. The molecule has 2 aromatic carbocycles. The van der Waals surface area contributed by atoms with Crippen molar-refractivity contribution in [1.29, 1.82) is 0 Å². The molecule has 3 atom stereocenters. The Morgan fingerprint density at radius 3 is 2.60 bits per heavy atom. The quantitative estimate of drug-likeness (QED) is 0.125. The highest BCUT2D eigenvalue weighted by atomic mass is 16.6. The zero-order valence-electron chi connectivity index (χ0n) is 26.2.